The van der Waals surface area contributed by atoms with Crippen molar-refractivity contribution >= 4 is 50.7 Å². The molecule has 2 amide bonds. The molecule has 0 aromatic heterocycles. The number of halogens is 2. The number of benzene rings is 2. The first-order chi connectivity index (χ1) is 15.0. The fourth-order valence-electron chi connectivity index (χ4n) is 3.07. The van der Waals surface area contributed by atoms with E-state index in [2.05, 4.69) is 5.32 Å². The fourth-order valence-corrected chi connectivity index (χ4v) is 4.38. The molecule has 2 aromatic rings. The number of hydrogen-bond donors (Lipinski definition) is 1. The smallest absolute Gasteiger partial charge is 0.244 e. The first-order valence-electron chi connectivity index (χ1n) is 10.00. The number of nitrogens with one attached hydrogen (secondary N) is 1. The van der Waals surface area contributed by atoms with Gasteiger partial charge < -0.3 is 10.2 Å². The van der Waals surface area contributed by atoms with Crippen molar-refractivity contribution < 1.29 is 18.0 Å². The largest absolute Gasteiger partial charge is 0.355 e. The van der Waals surface area contributed by atoms with Crippen LogP contribution in [0.1, 0.15) is 25.0 Å². The van der Waals surface area contributed by atoms with E-state index in [1.54, 1.807) is 19.9 Å². The summed E-state index contributed by atoms with van der Waals surface area (Å²) in [5, 5.41) is 2.89. The Labute approximate surface area is 199 Å². The lowest BCUT2D eigenvalue weighted by Crippen LogP contribution is -2.51. The van der Waals surface area contributed by atoms with Crippen molar-refractivity contribution in [2.75, 3.05) is 23.7 Å². The molecule has 1 N–H and O–H groups in total. The fraction of sp³-hybridized carbons (Fsp3) is 0.364. The van der Waals surface area contributed by atoms with E-state index in [-0.39, 0.29) is 28.2 Å². The predicted octanol–water partition coefficient (Wildman–Crippen LogP) is 3.62. The molecular weight excluding hydrogens is 473 g/mol. The van der Waals surface area contributed by atoms with Gasteiger partial charge in [0, 0.05) is 13.1 Å². The normalized spacial score (nSPS) is 12.2. The van der Waals surface area contributed by atoms with Crippen molar-refractivity contribution in [2.24, 2.45) is 0 Å². The van der Waals surface area contributed by atoms with E-state index in [9.17, 15) is 18.0 Å². The predicted molar refractivity (Wildman–Crippen MR) is 129 cm³/mol. The lowest BCUT2D eigenvalue weighted by Gasteiger charge is -2.31. The van der Waals surface area contributed by atoms with Gasteiger partial charge in [-0.1, -0.05) is 59.1 Å². The highest BCUT2D eigenvalue weighted by molar-refractivity contribution is 7.92. The number of rotatable bonds is 9. The van der Waals surface area contributed by atoms with Gasteiger partial charge in [-0.25, -0.2) is 8.42 Å². The van der Waals surface area contributed by atoms with Gasteiger partial charge in [-0.2, -0.15) is 0 Å². The molecule has 0 saturated carbocycles. The number of likely N-dealkylation sites (N-methyl/N-ethyl adjacent to an activating group) is 1. The van der Waals surface area contributed by atoms with E-state index < -0.39 is 28.5 Å². The van der Waals surface area contributed by atoms with E-state index in [0.717, 1.165) is 21.7 Å². The molecule has 2 rings (SSSR count). The molecule has 2 aromatic carbocycles. The third-order valence-corrected chi connectivity index (χ3v) is 6.81. The number of hydrogen-bond acceptors (Lipinski definition) is 4. The lowest BCUT2D eigenvalue weighted by atomic mass is 10.1. The van der Waals surface area contributed by atoms with Gasteiger partial charge in [0.05, 0.1) is 22.0 Å². The van der Waals surface area contributed by atoms with E-state index >= 15 is 0 Å². The minimum absolute atomic E-state index is 0.0225. The Morgan fingerprint density at radius 2 is 1.72 bits per heavy atom. The Balaban J connectivity index is 2.42. The summed E-state index contributed by atoms with van der Waals surface area (Å²) in [4.78, 5) is 27.2. The van der Waals surface area contributed by atoms with Gasteiger partial charge in [-0.3, -0.25) is 13.9 Å². The average Bonchev–Trinajstić information content (AvgIpc) is 2.72. The molecule has 7 nitrogen and oxygen atoms in total. The zero-order valence-electron chi connectivity index (χ0n) is 18.4. The second-order valence-electron chi connectivity index (χ2n) is 7.42. The summed E-state index contributed by atoms with van der Waals surface area (Å²) in [7, 11) is -3.88. The maximum Gasteiger partial charge on any atom is 0.244 e. The molecule has 0 aliphatic carbocycles. The second kappa shape index (κ2) is 11.0. The molecule has 174 valence electrons. The Morgan fingerprint density at radius 3 is 2.28 bits per heavy atom. The quantitative estimate of drug-likeness (QED) is 0.570. The molecule has 0 spiro atoms. The van der Waals surface area contributed by atoms with Gasteiger partial charge in [-0.05, 0) is 38.5 Å². The molecule has 0 radical (unpaired) electrons. The first kappa shape index (κ1) is 26.0. The zero-order valence-corrected chi connectivity index (χ0v) is 20.8. The topological polar surface area (TPSA) is 86.8 Å². The van der Waals surface area contributed by atoms with E-state index in [0.29, 0.717) is 6.54 Å². The summed E-state index contributed by atoms with van der Waals surface area (Å²) in [6, 6.07) is 11.3. The number of anilines is 1. The summed E-state index contributed by atoms with van der Waals surface area (Å²) >= 11 is 12.3. The van der Waals surface area contributed by atoms with Crippen molar-refractivity contribution in [1.82, 2.24) is 10.2 Å². The molecule has 0 unspecified atom stereocenters. The summed E-state index contributed by atoms with van der Waals surface area (Å²) in [6.07, 6.45) is 0.981. The molecule has 10 heteroatoms. The van der Waals surface area contributed by atoms with Crippen molar-refractivity contribution in [2.45, 2.75) is 33.4 Å². The number of nitrogens with zero attached hydrogens (tertiary/aromatic N) is 2. The third kappa shape index (κ3) is 6.60. The Hall–Kier alpha value is -2.29. The van der Waals surface area contributed by atoms with E-state index in [4.69, 9.17) is 23.2 Å². The third-order valence-electron chi connectivity index (χ3n) is 4.87. The second-order valence-corrected chi connectivity index (χ2v) is 10.1. The minimum atomic E-state index is -3.88. The lowest BCUT2D eigenvalue weighted by molar-refractivity contribution is -0.139. The molecule has 0 aliphatic heterocycles. The summed E-state index contributed by atoms with van der Waals surface area (Å²) in [5.74, 6) is -0.884. The van der Waals surface area contributed by atoms with Crippen LogP contribution in [0.15, 0.2) is 42.5 Å². The van der Waals surface area contributed by atoms with E-state index in [1.807, 2.05) is 31.2 Å². The van der Waals surface area contributed by atoms with Gasteiger partial charge in [0.15, 0.2) is 0 Å². The van der Waals surface area contributed by atoms with Crippen LogP contribution in [0.25, 0.3) is 0 Å². The number of amides is 2. The Bertz CT molecular complexity index is 1080. The SMILES string of the molecule is CCNC(=O)[C@@H](C)N(Cc1ccc(C)cc1)C(=O)CN(c1cccc(Cl)c1Cl)S(C)(=O)=O. The maximum atomic E-state index is 13.4. The van der Waals surface area contributed by atoms with Crippen molar-refractivity contribution in [1.29, 1.82) is 0 Å². The molecule has 32 heavy (non-hydrogen) atoms. The maximum absolute atomic E-state index is 13.4. The first-order valence-corrected chi connectivity index (χ1v) is 12.6. The van der Waals surface area contributed by atoms with Crippen molar-refractivity contribution in [3.63, 3.8) is 0 Å². The molecule has 0 bridgehead atoms. The summed E-state index contributed by atoms with van der Waals surface area (Å²) < 4.78 is 26.0. The number of carbonyl (C=O) groups is 2. The highest BCUT2D eigenvalue weighted by Gasteiger charge is 2.30. The van der Waals surface area contributed by atoms with Crippen LogP contribution in [0, 0.1) is 6.92 Å². The van der Waals surface area contributed by atoms with Crippen LogP contribution in [-0.4, -0.2) is 50.5 Å². The Kier molecular flexibility index (Phi) is 8.95. The highest BCUT2D eigenvalue weighted by Crippen LogP contribution is 2.33. The highest BCUT2D eigenvalue weighted by atomic mass is 35.5. The van der Waals surface area contributed by atoms with Crippen LogP contribution in [0.5, 0.6) is 0 Å². The molecule has 0 heterocycles. The van der Waals surface area contributed by atoms with Crippen molar-refractivity contribution in [3.8, 4) is 0 Å². The molecule has 0 fully saturated rings. The summed E-state index contributed by atoms with van der Waals surface area (Å²) in [5.41, 5.74) is 1.96. The standard InChI is InChI=1S/C22H27Cl2N3O4S/c1-5-25-22(29)16(3)26(13-17-11-9-15(2)10-12-17)20(28)14-27(32(4,30)31)19-8-6-7-18(23)21(19)24/h6-12,16H,5,13-14H2,1-4H3,(H,25,29)/t16-/m1/s1. The zero-order chi connectivity index (χ0) is 24.1. The van der Waals surface area contributed by atoms with Gasteiger partial charge in [0.2, 0.25) is 21.8 Å². The number of sulfonamides is 1. The monoisotopic (exact) mass is 499 g/mol. The summed E-state index contributed by atoms with van der Waals surface area (Å²) in [6.45, 7) is 5.34. The number of aryl methyl sites for hydroxylation is 1. The molecular formula is C22H27Cl2N3O4S. The number of carbonyl (C=O) groups excluding carboxylic acids is 2. The Morgan fingerprint density at radius 1 is 1.09 bits per heavy atom. The van der Waals surface area contributed by atoms with Crippen LogP contribution < -0.4 is 9.62 Å². The van der Waals surface area contributed by atoms with Gasteiger partial charge >= 0.3 is 0 Å². The van der Waals surface area contributed by atoms with Gasteiger partial charge in [0.1, 0.15) is 12.6 Å². The van der Waals surface area contributed by atoms with Crippen LogP contribution in [-0.2, 0) is 26.2 Å². The van der Waals surface area contributed by atoms with Gasteiger partial charge in [0.25, 0.3) is 0 Å². The van der Waals surface area contributed by atoms with Crippen LogP contribution in [0.4, 0.5) is 5.69 Å². The molecule has 0 saturated heterocycles. The minimum Gasteiger partial charge on any atom is -0.355 e. The van der Waals surface area contributed by atoms with Crippen LogP contribution in [0.3, 0.4) is 0 Å². The molecule has 0 aliphatic rings. The van der Waals surface area contributed by atoms with Crippen LogP contribution in [0.2, 0.25) is 10.0 Å². The average molecular weight is 500 g/mol. The van der Waals surface area contributed by atoms with Gasteiger partial charge in [-0.15, -0.1) is 0 Å². The van der Waals surface area contributed by atoms with E-state index in [1.165, 1.54) is 17.0 Å². The van der Waals surface area contributed by atoms with Crippen molar-refractivity contribution in [3.05, 3.63) is 63.6 Å². The van der Waals surface area contributed by atoms with Crippen LogP contribution >= 0.6 is 23.2 Å². The molecule has 1 atom stereocenters.